The average molecular weight is 320 g/mol. The minimum atomic E-state index is 0.670. The lowest BCUT2D eigenvalue weighted by Gasteiger charge is -2.19. The topological polar surface area (TPSA) is 44.8 Å². The Morgan fingerprint density at radius 1 is 1.08 bits per heavy atom. The van der Waals surface area contributed by atoms with E-state index in [0.717, 1.165) is 18.7 Å². The zero-order chi connectivity index (χ0) is 16.4. The second kappa shape index (κ2) is 6.73. The summed E-state index contributed by atoms with van der Waals surface area (Å²) in [5.41, 5.74) is 5.18. The molecule has 0 radical (unpaired) electrons. The van der Waals surface area contributed by atoms with Gasteiger partial charge < -0.3 is 4.98 Å². The SMILES string of the molecule is CN(Cc1ccncc1)Cc1c(C2CCCC2)[nH]c2ncccc12. The standard InChI is InChI=1S/C20H24N4/c1-24(13-15-8-11-21-12-9-15)14-18-17-7-4-10-22-20(17)23-19(18)16-5-2-3-6-16/h4,7-12,16H,2-3,5-6,13-14H2,1H3,(H,22,23). The molecule has 0 amide bonds. The van der Waals surface area contributed by atoms with E-state index in [4.69, 9.17) is 0 Å². The van der Waals surface area contributed by atoms with Crippen molar-refractivity contribution in [2.24, 2.45) is 0 Å². The molecule has 0 aliphatic heterocycles. The molecule has 0 aromatic carbocycles. The van der Waals surface area contributed by atoms with Crippen molar-refractivity contribution in [2.75, 3.05) is 7.05 Å². The van der Waals surface area contributed by atoms with Crippen LogP contribution in [0.15, 0.2) is 42.9 Å². The molecule has 3 aromatic heterocycles. The largest absolute Gasteiger partial charge is 0.343 e. The number of hydrogen-bond donors (Lipinski definition) is 1. The van der Waals surface area contributed by atoms with E-state index in [2.05, 4.69) is 45.1 Å². The Morgan fingerprint density at radius 2 is 1.88 bits per heavy atom. The average Bonchev–Trinajstić information content (AvgIpc) is 3.24. The van der Waals surface area contributed by atoms with Crippen molar-refractivity contribution in [3.05, 3.63) is 59.7 Å². The van der Waals surface area contributed by atoms with Crippen molar-refractivity contribution in [1.82, 2.24) is 19.9 Å². The van der Waals surface area contributed by atoms with Crippen LogP contribution in [-0.4, -0.2) is 26.9 Å². The summed E-state index contributed by atoms with van der Waals surface area (Å²) in [6, 6.07) is 8.42. The summed E-state index contributed by atoms with van der Waals surface area (Å²) in [6.45, 7) is 1.87. The number of H-pyrrole nitrogens is 1. The van der Waals surface area contributed by atoms with Crippen molar-refractivity contribution in [2.45, 2.75) is 44.7 Å². The normalized spacial score (nSPS) is 15.6. The van der Waals surface area contributed by atoms with Crippen molar-refractivity contribution >= 4 is 11.0 Å². The Kier molecular flexibility index (Phi) is 4.30. The molecule has 0 saturated heterocycles. The molecule has 3 aromatic rings. The molecule has 1 aliphatic carbocycles. The van der Waals surface area contributed by atoms with Gasteiger partial charge >= 0.3 is 0 Å². The van der Waals surface area contributed by atoms with Crippen LogP contribution in [0.25, 0.3) is 11.0 Å². The van der Waals surface area contributed by atoms with Crippen LogP contribution in [0.4, 0.5) is 0 Å². The quantitative estimate of drug-likeness (QED) is 0.764. The smallest absolute Gasteiger partial charge is 0.137 e. The van der Waals surface area contributed by atoms with Gasteiger partial charge in [0.1, 0.15) is 5.65 Å². The number of hydrogen-bond acceptors (Lipinski definition) is 3. The van der Waals surface area contributed by atoms with Crippen LogP contribution in [0, 0.1) is 0 Å². The highest BCUT2D eigenvalue weighted by atomic mass is 15.1. The first kappa shape index (κ1) is 15.3. The van der Waals surface area contributed by atoms with Gasteiger partial charge in [-0.05, 0) is 61.2 Å². The molecular weight excluding hydrogens is 296 g/mol. The third-order valence-corrected chi connectivity index (χ3v) is 5.10. The van der Waals surface area contributed by atoms with E-state index in [0.29, 0.717) is 5.92 Å². The molecule has 124 valence electrons. The van der Waals surface area contributed by atoms with Gasteiger partial charge in [-0.25, -0.2) is 4.98 Å². The molecule has 4 heteroatoms. The highest BCUT2D eigenvalue weighted by Gasteiger charge is 2.24. The molecule has 1 saturated carbocycles. The minimum Gasteiger partial charge on any atom is -0.343 e. The summed E-state index contributed by atoms with van der Waals surface area (Å²) in [4.78, 5) is 14.7. The number of fused-ring (bicyclic) bond motifs is 1. The maximum Gasteiger partial charge on any atom is 0.137 e. The highest BCUT2D eigenvalue weighted by molar-refractivity contribution is 5.81. The molecular formula is C20H24N4. The molecule has 3 heterocycles. The van der Waals surface area contributed by atoms with Crippen LogP contribution in [-0.2, 0) is 13.1 Å². The second-order valence-corrected chi connectivity index (χ2v) is 6.93. The number of pyridine rings is 2. The Hall–Kier alpha value is -2.20. The monoisotopic (exact) mass is 320 g/mol. The number of rotatable bonds is 5. The summed E-state index contributed by atoms with van der Waals surface area (Å²) in [7, 11) is 2.19. The first-order chi connectivity index (χ1) is 11.8. The van der Waals surface area contributed by atoms with Crippen molar-refractivity contribution in [3.63, 3.8) is 0 Å². The van der Waals surface area contributed by atoms with E-state index < -0.39 is 0 Å². The van der Waals surface area contributed by atoms with Gasteiger partial charge in [0.2, 0.25) is 0 Å². The van der Waals surface area contributed by atoms with E-state index >= 15 is 0 Å². The molecule has 4 nitrogen and oxygen atoms in total. The zero-order valence-corrected chi connectivity index (χ0v) is 14.2. The molecule has 0 atom stereocenters. The third kappa shape index (κ3) is 3.06. The van der Waals surface area contributed by atoms with E-state index in [9.17, 15) is 0 Å². The molecule has 0 spiro atoms. The second-order valence-electron chi connectivity index (χ2n) is 6.93. The maximum absolute atomic E-state index is 4.54. The summed E-state index contributed by atoms with van der Waals surface area (Å²) >= 11 is 0. The Balaban J connectivity index is 1.63. The number of aromatic nitrogens is 3. The molecule has 1 fully saturated rings. The van der Waals surface area contributed by atoms with Gasteiger partial charge in [-0.3, -0.25) is 9.88 Å². The van der Waals surface area contributed by atoms with Crippen LogP contribution >= 0.6 is 0 Å². The predicted molar refractivity (Wildman–Crippen MR) is 96.7 cm³/mol. The minimum absolute atomic E-state index is 0.670. The number of nitrogens with zero attached hydrogens (tertiary/aromatic N) is 3. The molecule has 1 N–H and O–H groups in total. The van der Waals surface area contributed by atoms with E-state index in [-0.39, 0.29) is 0 Å². The van der Waals surface area contributed by atoms with Crippen molar-refractivity contribution in [1.29, 1.82) is 0 Å². The Labute approximate surface area is 142 Å². The predicted octanol–water partition coefficient (Wildman–Crippen LogP) is 4.25. The van der Waals surface area contributed by atoms with Gasteiger partial charge in [0.15, 0.2) is 0 Å². The van der Waals surface area contributed by atoms with Crippen LogP contribution in [0.2, 0.25) is 0 Å². The fourth-order valence-electron chi connectivity index (χ4n) is 3.96. The number of nitrogens with one attached hydrogen (secondary N) is 1. The van der Waals surface area contributed by atoms with Crippen LogP contribution < -0.4 is 0 Å². The van der Waals surface area contributed by atoms with E-state index in [1.54, 1.807) is 0 Å². The summed E-state index contributed by atoms with van der Waals surface area (Å²) in [6.07, 6.45) is 10.9. The van der Waals surface area contributed by atoms with Crippen molar-refractivity contribution < 1.29 is 0 Å². The van der Waals surface area contributed by atoms with Gasteiger partial charge in [0.25, 0.3) is 0 Å². The van der Waals surface area contributed by atoms with Gasteiger partial charge in [0.05, 0.1) is 0 Å². The van der Waals surface area contributed by atoms with Gasteiger partial charge in [-0.15, -0.1) is 0 Å². The van der Waals surface area contributed by atoms with Gasteiger partial charge in [0, 0.05) is 42.8 Å². The van der Waals surface area contributed by atoms with E-state index in [1.807, 2.05) is 24.7 Å². The lowest BCUT2D eigenvalue weighted by molar-refractivity contribution is 0.318. The Morgan fingerprint density at radius 3 is 2.67 bits per heavy atom. The molecule has 24 heavy (non-hydrogen) atoms. The molecule has 4 rings (SSSR count). The Bertz CT molecular complexity index is 803. The number of aromatic amines is 1. The molecule has 1 aliphatic rings. The molecule has 0 bridgehead atoms. The van der Waals surface area contributed by atoms with Crippen LogP contribution in [0.3, 0.4) is 0 Å². The summed E-state index contributed by atoms with van der Waals surface area (Å²) in [5, 5.41) is 1.28. The van der Waals surface area contributed by atoms with E-state index in [1.165, 1.54) is 47.9 Å². The van der Waals surface area contributed by atoms with Crippen LogP contribution in [0.1, 0.15) is 48.4 Å². The van der Waals surface area contributed by atoms with Gasteiger partial charge in [-0.1, -0.05) is 12.8 Å². The van der Waals surface area contributed by atoms with Crippen molar-refractivity contribution in [3.8, 4) is 0 Å². The first-order valence-electron chi connectivity index (χ1n) is 8.84. The maximum atomic E-state index is 4.54. The molecule has 0 unspecified atom stereocenters. The van der Waals surface area contributed by atoms with Crippen LogP contribution in [0.5, 0.6) is 0 Å². The van der Waals surface area contributed by atoms with Gasteiger partial charge in [-0.2, -0.15) is 0 Å². The fourth-order valence-corrected chi connectivity index (χ4v) is 3.96. The zero-order valence-electron chi connectivity index (χ0n) is 14.2. The highest BCUT2D eigenvalue weighted by Crippen LogP contribution is 2.38. The lowest BCUT2D eigenvalue weighted by atomic mass is 9.98. The third-order valence-electron chi connectivity index (χ3n) is 5.10. The summed E-state index contributed by atoms with van der Waals surface area (Å²) < 4.78 is 0. The summed E-state index contributed by atoms with van der Waals surface area (Å²) in [5.74, 6) is 0.670. The first-order valence-corrected chi connectivity index (χ1v) is 8.84. The fraction of sp³-hybridized carbons (Fsp3) is 0.400. The lowest BCUT2D eigenvalue weighted by Crippen LogP contribution is -2.18.